The van der Waals surface area contributed by atoms with Crippen LogP contribution >= 0.6 is 11.6 Å². The average molecular weight is 280 g/mol. The van der Waals surface area contributed by atoms with Gasteiger partial charge in [-0.15, -0.1) is 0 Å². The van der Waals surface area contributed by atoms with Crippen LogP contribution in [0.3, 0.4) is 0 Å². The van der Waals surface area contributed by atoms with Crippen molar-refractivity contribution in [3.05, 3.63) is 0 Å². The molecule has 0 rings (SSSR count). The third kappa shape index (κ3) is 6.44. The van der Waals surface area contributed by atoms with E-state index in [1.54, 1.807) is 20.8 Å². The molecular formula is C11H18ClNO5. The lowest BCUT2D eigenvalue weighted by atomic mass is 9.96. The van der Waals surface area contributed by atoms with Crippen LogP contribution in [0.25, 0.3) is 0 Å². The van der Waals surface area contributed by atoms with Crippen molar-refractivity contribution < 1.29 is 24.2 Å². The van der Waals surface area contributed by atoms with E-state index in [-0.39, 0.29) is 12.8 Å². The van der Waals surface area contributed by atoms with Gasteiger partial charge in [-0.3, -0.25) is 4.79 Å². The van der Waals surface area contributed by atoms with E-state index in [9.17, 15) is 14.4 Å². The highest BCUT2D eigenvalue weighted by Crippen LogP contribution is 2.16. The molecule has 0 aliphatic rings. The zero-order valence-corrected chi connectivity index (χ0v) is 11.6. The number of hydrogen-bond donors (Lipinski definition) is 2. The molecule has 18 heavy (non-hydrogen) atoms. The highest BCUT2D eigenvalue weighted by Gasteiger charge is 2.36. The summed E-state index contributed by atoms with van der Waals surface area (Å²) < 4.78 is 4.96. The fraction of sp³-hybridized carbons (Fsp3) is 0.727. The molecule has 0 aromatic carbocycles. The Labute approximate surface area is 111 Å². The van der Waals surface area contributed by atoms with Crippen LogP contribution in [0.1, 0.15) is 40.5 Å². The minimum absolute atomic E-state index is 0.107. The molecule has 2 N–H and O–H groups in total. The van der Waals surface area contributed by atoms with Gasteiger partial charge in [-0.05, 0) is 45.7 Å². The summed E-state index contributed by atoms with van der Waals surface area (Å²) in [5.41, 5.74) is -2.32. The highest BCUT2D eigenvalue weighted by atomic mass is 35.5. The Hall–Kier alpha value is -1.30. The largest absolute Gasteiger partial charge is 0.480 e. The number of carbonyl (C=O) groups is 3. The Morgan fingerprint density at radius 3 is 2.06 bits per heavy atom. The molecule has 0 fully saturated rings. The molecule has 104 valence electrons. The Balaban J connectivity index is 4.66. The first kappa shape index (κ1) is 16.7. The molecule has 0 bridgehead atoms. The number of aliphatic carboxylic acids is 1. The van der Waals surface area contributed by atoms with Gasteiger partial charge >= 0.3 is 12.1 Å². The van der Waals surface area contributed by atoms with Gasteiger partial charge in [0.1, 0.15) is 11.1 Å². The van der Waals surface area contributed by atoms with Crippen LogP contribution in [0, 0.1) is 0 Å². The van der Waals surface area contributed by atoms with Crippen LogP contribution in [-0.2, 0) is 14.3 Å². The zero-order valence-electron chi connectivity index (χ0n) is 10.9. The van der Waals surface area contributed by atoms with Crippen molar-refractivity contribution in [1.82, 2.24) is 5.32 Å². The smallest absolute Gasteiger partial charge is 0.408 e. The van der Waals surface area contributed by atoms with Crippen molar-refractivity contribution >= 4 is 28.9 Å². The quantitative estimate of drug-likeness (QED) is 0.750. The number of ether oxygens (including phenoxy) is 1. The van der Waals surface area contributed by atoms with E-state index in [0.717, 1.165) is 0 Å². The summed E-state index contributed by atoms with van der Waals surface area (Å²) in [7, 11) is 0. The zero-order chi connectivity index (χ0) is 14.6. The molecule has 0 spiro atoms. The Morgan fingerprint density at radius 1 is 1.22 bits per heavy atom. The fourth-order valence-corrected chi connectivity index (χ4v) is 1.19. The van der Waals surface area contributed by atoms with Crippen molar-refractivity contribution in [2.45, 2.75) is 51.7 Å². The number of halogens is 1. The minimum atomic E-state index is -1.59. The lowest BCUT2D eigenvalue weighted by molar-refractivity contribution is -0.144. The third-order valence-electron chi connectivity index (χ3n) is 2.07. The van der Waals surface area contributed by atoms with Crippen LogP contribution in [0.5, 0.6) is 0 Å². The van der Waals surface area contributed by atoms with Gasteiger partial charge in [-0.1, -0.05) is 0 Å². The number of carboxylic acids is 1. The molecule has 0 saturated heterocycles. The van der Waals surface area contributed by atoms with Gasteiger partial charge in [0.15, 0.2) is 0 Å². The second-order valence-electron chi connectivity index (χ2n) is 5.12. The van der Waals surface area contributed by atoms with Gasteiger partial charge in [-0.25, -0.2) is 9.59 Å². The van der Waals surface area contributed by atoms with E-state index in [4.69, 9.17) is 21.4 Å². The second kappa shape index (κ2) is 6.04. The van der Waals surface area contributed by atoms with E-state index < -0.39 is 28.4 Å². The predicted molar refractivity (Wildman–Crippen MR) is 65.5 cm³/mol. The van der Waals surface area contributed by atoms with E-state index >= 15 is 0 Å². The van der Waals surface area contributed by atoms with E-state index in [0.29, 0.717) is 0 Å². The van der Waals surface area contributed by atoms with Crippen molar-refractivity contribution in [2.24, 2.45) is 0 Å². The maximum Gasteiger partial charge on any atom is 0.408 e. The molecular weight excluding hydrogens is 262 g/mol. The first-order valence-electron chi connectivity index (χ1n) is 5.39. The number of carboxylic acid groups (broad SMARTS) is 1. The van der Waals surface area contributed by atoms with E-state index in [1.165, 1.54) is 6.92 Å². The predicted octanol–water partition coefficient (Wildman–Crippen LogP) is 1.90. The number of nitrogens with one attached hydrogen (secondary N) is 1. The SMILES string of the molecule is CC(C)(C)OC(=O)N[C@@](C)(CCC(=O)Cl)C(=O)O. The Bertz CT molecular complexity index is 350. The summed E-state index contributed by atoms with van der Waals surface area (Å²) in [5.74, 6) is -1.26. The molecule has 0 aliphatic carbocycles. The molecule has 1 amide bonds. The van der Waals surface area contributed by atoms with E-state index in [1.807, 2.05) is 0 Å². The van der Waals surface area contributed by atoms with Crippen LogP contribution in [0.15, 0.2) is 0 Å². The van der Waals surface area contributed by atoms with Crippen molar-refractivity contribution in [2.75, 3.05) is 0 Å². The lowest BCUT2D eigenvalue weighted by Crippen LogP contribution is -2.53. The van der Waals surface area contributed by atoms with E-state index in [2.05, 4.69) is 5.32 Å². The van der Waals surface area contributed by atoms with Crippen molar-refractivity contribution in [3.8, 4) is 0 Å². The maximum absolute atomic E-state index is 11.5. The number of alkyl carbamates (subject to hydrolysis) is 1. The summed E-state index contributed by atoms with van der Waals surface area (Å²) in [6.45, 7) is 6.27. The van der Waals surface area contributed by atoms with Crippen molar-refractivity contribution in [3.63, 3.8) is 0 Å². The third-order valence-corrected chi connectivity index (χ3v) is 2.26. The van der Waals surface area contributed by atoms with Crippen LogP contribution in [-0.4, -0.2) is 33.6 Å². The molecule has 0 radical (unpaired) electrons. The van der Waals surface area contributed by atoms with Crippen LogP contribution in [0.4, 0.5) is 4.79 Å². The molecule has 7 heteroatoms. The first-order valence-corrected chi connectivity index (χ1v) is 5.77. The van der Waals surface area contributed by atoms with Gasteiger partial charge in [0, 0.05) is 6.42 Å². The van der Waals surface area contributed by atoms with Crippen LogP contribution in [0.2, 0.25) is 0 Å². The van der Waals surface area contributed by atoms with Gasteiger partial charge in [0.05, 0.1) is 0 Å². The Morgan fingerprint density at radius 2 is 1.72 bits per heavy atom. The summed E-state index contributed by atoms with van der Waals surface area (Å²) >= 11 is 5.16. The van der Waals surface area contributed by atoms with Gasteiger partial charge in [-0.2, -0.15) is 0 Å². The monoisotopic (exact) mass is 279 g/mol. The van der Waals surface area contributed by atoms with Gasteiger partial charge in [0.2, 0.25) is 5.24 Å². The lowest BCUT2D eigenvalue weighted by Gasteiger charge is -2.28. The van der Waals surface area contributed by atoms with Gasteiger partial charge < -0.3 is 15.2 Å². The minimum Gasteiger partial charge on any atom is -0.480 e. The molecule has 0 aromatic rings. The summed E-state index contributed by atoms with van der Waals surface area (Å²) in [6.07, 6.45) is -1.11. The van der Waals surface area contributed by atoms with Gasteiger partial charge in [0.25, 0.3) is 0 Å². The van der Waals surface area contributed by atoms with Crippen molar-refractivity contribution in [1.29, 1.82) is 0 Å². The average Bonchev–Trinajstić information content (AvgIpc) is 2.11. The molecule has 0 saturated carbocycles. The number of rotatable bonds is 5. The molecule has 0 aromatic heterocycles. The normalized spacial score (nSPS) is 14.5. The number of carbonyl (C=O) groups excluding carboxylic acids is 2. The maximum atomic E-state index is 11.5. The van der Waals surface area contributed by atoms with Crippen LogP contribution < -0.4 is 5.32 Å². The fourth-order valence-electron chi connectivity index (χ4n) is 1.10. The summed E-state index contributed by atoms with van der Waals surface area (Å²) in [5, 5.41) is 10.6. The first-order chi connectivity index (χ1) is 7.96. The topological polar surface area (TPSA) is 92.7 Å². The summed E-state index contributed by atoms with van der Waals surface area (Å²) in [6, 6.07) is 0. The summed E-state index contributed by atoms with van der Waals surface area (Å²) in [4.78, 5) is 33.3. The number of amides is 1. The number of hydrogen-bond acceptors (Lipinski definition) is 4. The molecule has 0 aliphatic heterocycles. The molecule has 6 nitrogen and oxygen atoms in total. The standard InChI is InChI=1S/C11H18ClNO5/c1-10(2,3)18-9(17)13-11(4,8(15)16)6-5-7(12)14/h5-6H2,1-4H3,(H,13,17)(H,15,16)/t11-/m0/s1. The molecule has 0 heterocycles. The Kier molecular flexibility index (Phi) is 5.60. The second-order valence-corrected chi connectivity index (χ2v) is 5.54. The molecule has 1 atom stereocenters. The molecule has 0 unspecified atom stereocenters. The highest BCUT2D eigenvalue weighted by molar-refractivity contribution is 6.63.